The van der Waals surface area contributed by atoms with Crippen molar-refractivity contribution in [2.75, 3.05) is 7.11 Å². The average Bonchev–Trinajstić information content (AvgIpc) is 3.15. The smallest absolute Gasteiger partial charge is 0.298 e. The lowest BCUT2D eigenvalue weighted by atomic mass is 10.1. The SMILES string of the molecule is CCC(C)NC(=O)c1ccc(OC)c(Oc2nc(Cc3ccccc3)ns2)c1. The molecule has 0 radical (unpaired) electrons. The number of carbonyl (C=O) groups excluding carboxylic acids is 1. The van der Waals surface area contributed by atoms with Crippen molar-refractivity contribution in [1.82, 2.24) is 14.7 Å². The van der Waals surface area contributed by atoms with Gasteiger partial charge in [-0.1, -0.05) is 37.3 Å². The maximum atomic E-state index is 12.4. The predicted molar refractivity (Wildman–Crippen MR) is 109 cm³/mol. The van der Waals surface area contributed by atoms with E-state index < -0.39 is 0 Å². The van der Waals surface area contributed by atoms with Crippen molar-refractivity contribution in [3.05, 3.63) is 65.5 Å². The lowest BCUT2D eigenvalue weighted by Crippen LogP contribution is -2.31. The number of hydrogen-bond acceptors (Lipinski definition) is 6. The van der Waals surface area contributed by atoms with Gasteiger partial charge in [0.1, 0.15) is 0 Å². The molecule has 0 saturated heterocycles. The van der Waals surface area contributed by atoms with Crippen LogP contribution in [0.3, 0.4) is 0 Å². The Labute approximate surface area is 168 Å². The van der Waals surface area contributed by atoms with Gasteiger partial charge in [-0.25, -0.2) is 0 Å². The summed E-state index contributed by atoms with van der Waals surface area (Å²) in [6, 6.07) is 15.2. The molecule has 28 heavy (non-hydrogen) atoms. The van der Waals surface area contributed by atoms with E-state index in [2.05, 4.69) is 14.7 Å². The van der Waals surface area contributed by atoms with Crippen LogP contribution >= 0.6 is 11.5 Å². The Balaban J connectivity index is 1.75. The molecule has 1 aromatic heterocycles. The van der Waals surface area contributed by atoms with Gasteiger partial charge in [-0.15, -0.1) is 0 Å². The highest BCUT2D eigenvalue weighted by Crippen LogP contribution is 2.33. The zero-order chi connectivity index (χ0) is 19.9. The van der Waals surface area contributed by atoms with Gasteiger partial charge in [0.15, 0.2) is 17.3 Å². The first-order valence-corrected chi connectivity index (χ1v) is 9.89. The summed E-state index contributed by atoms with van der Waals surface area (Å²) in [6.45, 7) is 3.99. The van der Waals surface area contributed by atoms with E-state index in [1.54, 1.807) is 25.3 Å². The Morgan fingerprint density at radius 1 is 1.18 bits per heavy atom. The van der Waals surface area contributed by atoms with Gasteiger partial charge in [-0.2, -0.15) is 9.36 Å². The van der Waals surface area contributed by atoms with Gasteiger partial charge in [0.25, 0.3) is 11.1 Å². The molecule has 0 bridgehead atoms. The van der Waals surface area contributed by atoms with E-state index in [0.717, 1.165) is 12.0 Å². The van der Waals surface area contributed by atoms with Gasteiger partial charge in [0.05, 0.1) is 7.11 Å². The predicted octanol–water partition coefficient (Wildman–Crippen LogP) is 4.46. The van der Waals surface area contributed by atoms with Crippen LogP contribution < -0.4 is 14.8 Å². The summed E-state index contributed by atoms with van der Waals surface area (Å²) in [6.07, 6.45) is 1.50. The van der Waals surface area contributed by atoms with E-state index in [1.807, 2.05) is 44.2 Å². The molecule has 0 spiro atoms. The van der Waals surface area contributed by atoms with Crippen molar-refractivity contribution in [2.45, 2.75) is 32.7 Å². The summed E-state index contributed by atoms with van der Waals surface area (Å²) in [7, 11) is 1.56. The van der Waals surface area contributed by atoms with Crippen molar-refractivity contribution in [1.29, 1.82) is 0 Å². The fourth-order valence-corrected chi connectivity index (χ4v) is 3.09. The van der Waals surface area contributed by atoms with Crippen LogP contribution in [0.5, 0.6) is 16.7 Å². The van der Waals surface area contributed by atoms with Gasteiger partial charge in [0.2, 0.25) is 0 Å². The van der Waals surface area contributed by atoms with Crippen LogP contribution in [0, 0.1) is 0 Å². The third-order valence-corrected chi connectivity index (χ3v) is 4.90. The molecule has 0 saturated carbocycles. The van der Waals surface area contributed by atoms with Crippen LogP contribution in [0.25, 0.3) is 0 Å². The molecule has 0 aliphatic rings. The number of methoxy groups -OCH3 is 1. The zero-order valence-electron chi connectivity index (χ0n) is 16.1. The molecule has 7 heteroatoms. The van der Waals surface area contributed by atoms with Crippen molar-refractivity contribution in [2.24, 2.45) is 0 Å². The second-order valence-electron chi connectivity index (χ2n) is 6.39. The van der Waals surface area contributed by atoms with Crippen LogP contribution in [0.4, 0.5) is 0 Å². The van der Waals surface area contributed by atoms with Gasteiger partial charge in [0, 0.05) is 29.6 Å². The molecule has 0 aliphatic heterocycles. The molecule has 6 nitrogen and oxygen atoms in total. The van der Waals surface area contributed by atoms with E-state index in [4.69, 9.17) is 9.47 Å². The fourth-order valence-electron chi connectivity index (χ4n) is 2.53. The lowest BCUT2D eigenvalue weighted by molar-refractivity contribution is 0.0939. The first-order valence-electron chi connectivity index (χ1n) is 9.12. The average molecular weight is 398 g/mol. The van der Waals surface area contributed by atoms with Crippen molar-refractivity contribution in [3.8, 4) is 16.7 Å². The maximum Gasteiger partial charge on any atom is 0.298 e. The zero-order valence-corrected chi connectivity index (χ0v) is 17.0. The first-order chi connectivity index (χ1) is 13.6. The van der Waals surface area contributed by atoms with Gasteiger partial charge in [-0.05, 0) is 37.1 Å². The second-order valence-corrected chi connectivity index (χ2v) is 7.10. The summed E-state index contributed by atoms with van der Waals surface area (Å²) < 4.78 is 15.6. The number of carbonyl (C=O) groups is 1. The Morgan fingerprint density at radius 2 is 1.96 bits per heavy atom. The topological polar surface area (TPSA) is 73.3 Å². The monoisotopic (exact) mass is 397 g/mol. The van der Waals surface area contributed by atoms with Gasteiger partial charge < -0.3 is 14.8 Å². The minimum atomic E-state index is -0.149. The van der Waals surface area contributed by atoms with Gasteiger partial charge >= 0.3 is 0 Å². The molecule has 1 heterocycles. The van der Waals surface area contributed by atoms with E-state index in [-0.39, 0.29) is 11.9 Å². The number of hydrogen-bond donors (Lipinski definition) is 1. The van der Waals surface area contributed by atoms with E-state index in [1.165, 1.54) is 11.5 Å². The Kier molecular flexibility index (Phi) is 6.60. The summed E-state index contributed by atoms with van der Waals surface area (Å²) in [5, 5.41) is 3.35. The Hall–Kier alpha value is -2.93. The molecule has 1 N–H and O–H groups in total. The number of benzene rings is 2. The number of nitrogens with zero attached hydrogens (tertiary/aromatic N) is 2. The quantitative estimate of drug-likeness (QED) is 0.608. The highest BCUT2D eigenvalue weighted by molar-refractivity contribution is 7.07. The van der Waals surface area contributed by atoms with Gasteiger partial charge in [-0.3, -0.25) is 4.79 Å². The van der Waals surface area contributed by atoms with E-state index in [9.17, 15) is 4.79 Å². The van der Waals surface area contributed by atoms with Crippen molar-refractivity contribution >= 4 is 17.4 Å². The van der Waals surface area contributed by atoms with E-state index >= 15 is 0 Å². The molecule has 3 aromatic rings. The minimum absolute atomic E-state index is 0.0997. The highest BCUT2D eigenvalue weighted by atomic mass is 32.1. The number of amides is 1. The third kappa shape index (κ3) is 5.07. The normalized spacial score (nSPS) is 11.7. The highest BCUT2D eigenvalue weighted by Gasteiger charge is 2.15. The second kappa shape index (κ2) is 9.32. The summed E-state index contributed by atoms with van der Waals surface area (Å²) in [5.41, 5.74) is 1.64. The van der Waals surface area contributed by atoms with Crippen LogP contribution in [0.1, 0.15) is 42.0 Å². The molecule has 1 amide bonds. The lowest BCUT2D eigenvalue weighted by Gasteiger charge is -2.13. The molecule has 3 rings (SSSR count). The van der Waals surface area contributed by atoms with Crippen LogP contribution in [-0.4, -0.2) is 28.4 Å². The van der Waals surface area contributed by atoms with Crippen LogP contribution in [0.15, 0.2) is 48.5 Å². The Morgan fingerprint density at radius 3 is 2.68 bits per heavy atom. The van der Waals surface area contributed by atoms with Crippen molar-refractivity contribution < 1.29 is 14.3 Å². The molecular formula is C21H23N3O3S. The Bertz CT molecular complexity index is 928. The number of ether oxygens (including phenoxy) is 2. The summed E-state index contributed by atoms with van der Waals surface area (Å²) in [5.74, 6) is 1.50. The number of rotatable bonds is 8. The number of aromatic nitrogens is 2. The van der Waals surface area contributed by atoms with Crippen LogP contribution in [-0.2, 0) is 6.42 Å². The van der Waals surface area contributed by atoms with Crippen molar-refractivity contribution in [3.63, 3.8) is 0 Å². The third-order valence-electron chi connectivity index (χ3n) is 4.27. The molecule has 0 fully saturated rings. The molecule has 1 atom stereocenters. The number of nitrogens with one attached hydrogen (secondary N) is 1. The fraction of sp³-hybridized carbons (Fsp3) is 0.286. The summed E-state index contributed by atoms with van der Waals surface area (Å²) >= 11 is 1.17. The van der Waals surface area contributed by atoms with Crippen LogP contribution in [0.2, 0.25) is 0 Å². The first kappa shape index (κ1) is 19.8. The standard InChI is InChI=1S/C21H23N3O3S/c1-4-14(2)22-20(25)16-10-11-17(26-3)18(13-16)27-21-23-19(24-28-21)12-15-8-6-5-7-9-15/h5-11,13-14H,4,12H2,1-3H3,(H,22,25). The molecule has 0 aliphatic carbocycles. The molecular weight excluding hydrogens is 374 g/mol. The maximum absolute atomic E-state index is 12.4. The minimum Gasteiger partial charge on any atom is -0.493 e. The summed E-state index contributed by atoms with van der Waals surface area (Å²) in [4.78, 5) is 16.8. The molecule has 1 unspecified atom stereocenters. The van der Waals surface area contributed by atoms with E-state index in [0.29, 0.717) is 34.5 Å². The molecule has 146 valence electrons. The largest absolute Gasteiger partial charge is 0.493 e. The molecule has 2 aromatic carbocycles.